The number of rotatable bonds is 6. The van der Waals surface area contributed by atoms with Crippen molar-refractivity contribution in [3.8, 4) is 0 Å². The lowest BCUT2D eigenvalue weighted by Crippen LogP contribution is -2.17. The molecule has 0 saturated heterocycles. The van der Waals surface area contributed by atoms with Crippen molar-refractivity contribution in [2.45, 2.75) is 20.4 Å². The molecule has 0 amide bonds. The van der Waals surface area contributed by atoms with E-state index in [-0.39, 0.29) is 5.56 Å². The van der Waals surface area contributed by atoms with Crippen molar-refractivity contribution >= 4 is 21.9 Å². The van der Waals surface area contributed by atoms with Crippen LogP contribution in [0.15, 0.2) is 22.7 Å². The average Bonchev–Trinajstić information content (AvgIpc) is 2.25. The Labute approximate surface area is 109 Å². The third kappa shape index (κ3) is 4.85. The zero-order chi connectivity index (χ0) is 12.8. The zero-order valence-electron chi connectivity index (χ0n) is 9.87. The number of hydrogen-bond donors (Lipinski definition) is 2. The van der Waals surface area contributed by atoms with E-state index in [9.17, 15) is 4.79 Å². The number of nitrogens with one attached hydrogen (secondary N) is 1. The highest BCUT2D eigenvalue weighted by atomic mass is 79.9. The molecule has 0 aliphatic rings. The van der Waals surface area contributed by atoms with Crippen LogP contribution in [0.1, 0.15) is 29.8 Å². The summed E-state index contributed by atoms with van der Waals surface area (Å²) >= 11 is 3.34. The number of carbonyl (C=O) groups is 1. The van der Waals surface area contributed by atoms with Crippen LogP contribution in [0.2, 0.25) is 0 Å². The van der Waals surface area contributed by atoms with Crippen LogP contribution in [-0.2, 0) is 11.4 Å². The summed E-state index contributed by atoms with van der Waals surface area (Å²) in [6.07, 6.45) is 0. The topological polar surface area (TPSA) is 58.6 Å². The molecule has 17 heavy (non-hydrogen) atoms. The first-order chi connectivity index (χ1) is 8.00. The van der Waals surface area contributed by atoms with E-state index in [0.29, 0.717) is 19.1 Å². The SMILES string of the molecule is CC(C)CONCc1ccc(C(=O)O)cc1Br. The van der Waals surface area contributed by atoms with E-state index >= 15 is 0 Å². The lowest BCUT2D eigenvalue weighted by Gasteiger charge is -2.09. The lowest BCUT2D eigenvalue weighted by atomic mass is 10.1. The van der Waals surface area contributed by atoms with Crippen molar-refractivity contribution in [2.24, 2.45) is 5.92 Å². The summed E-state index contributed by atoms with van der Waals surface area (Å²) in [7, 11) is 0. The van der Waals surface area contributed by atoms with Gasteiger partial charge in [-0.15, -0.1) is 0 Å². The Kier molecular flexibility index (Phi) is 5.61. The molecule has 0 atom stereocenters. The summed E-state index contributed by atoms with van der Waals surface area (Å²) in [6.45, 7) is 5.32. The highest BCUT2D eigenvalue weighted by molar-refractivity contribution is 9.10. The molecule has 0 unspecified atom stereocenters. The molecule has 0 saturated carbocycles. The Hall–Kier alpha value is -0.910. The first-order valence-corrected chi connectivity index (χ1v) is 6.16. The van der Waals surface area contributed by atoms with E-state index < -0.39 is 5.97 Å². The van der Waals surface area contributed by atoms with Crippen LogP contribution in [0.3, 0.4) is 0 Å². The Bertz CT molecular complexity index is 393. The van der Waals surface area contributed by atoms with E-state index in [0.717, 1.165) is 10.0 Å². The highest BCUT2D eigenvalue weighted by Crippen LogP contribution is 2.18. The Balaban J connectivity index is 2.52. The fraction of sp³-hybridized carbons (Fsp3) is 0.417. The summed E-state index contributed by atoms with van der Waals surface area (Å²) in [5, 5.41) is 8.81. The molecular weight excluding hydrogens is 286 g/mol. The molecule has 5 heteroatoms. The van der Waals surface area contributed by atoms with E-state index in [1.807, 2.05) is 0 Å². The number of carboxylic acids is 1. The molecule has 0 aliphatic carbocycles. The van der Waals surface area contributed by atoms with Crippen LogP contribution in [0, 0.1) is 5.92 Å². The third-order valence-electron chi connectivity index (χ3n) is 2.08. The van der Waals surface area contributed by atoms with Crippen molar-refractivity contribution in [1.29, 1.82) is 0 Å². The van der Waals surface area contributed by atoms with Gasteiger partial charge in [-0.2, -0.15) is 5.48 Å². The fourth-order valence-electron chi connectivity index (χ4n) is 1.18. The van der Waals surface area contributed by atoms with Crippen molar-refractivity contribution in [3.63, 3.8) is 0 Å². The van der Waals surface area contributed by atoms with Crippen molar-refractivity contribution in [2.75, 3.05) is 6.61 Å². The zero-order valence-corrected chi connectivity index (χ0v) is 11.5. The van der Waals surface area contributed by atoms with Gasteiger partial charge in [-0.25, -0.2) is 4.79 Å². The summed E-state index contributed by atoms with van der Waals surface area (Å²) in [5.74, 6) is -0.457. The smallest absolute Gasteiger partial charge is 0.335 e. The lowest BCUT2D eigenvalue weighted by molar-refractivity contribution is 0.0195. The first kappa shape index (κ1) is 14.2. The fourth-order valence-corrected chi connectivity index (χ4v) is 1.70. The molecule has 94 valence electrons. The maximum atomic E-state index is 10.7. The second-order valence-electron chi connectivity index (χ2n) is 4.14. The molecule has 0 spiro atoms. The molecule has 1 aromatic carbocycles. The number of benzene rings is 1. The second-order valence-corrected chi connectivity index (χ2v) is 4.99. The van der Waals surface area contributed by atoms with Gasteiger partial charge in [0.1, 0.15) is 0 Å². The number of halogens is 1. The predicted molar refractivity (Wildman–Crippen MR) is 68.7 cm³/mol. The van der Waals surface area contributed by atoms with Crippen LogP contribution in [-0.4, -0.2) is 17.7 Å². The van der Waals surface area contributed by atoms with Crippen LogP contribution in [0.25, 0.3) is 0 Å². The van der Waals surface area contributed by atoms with Crippen LogP contribution >= 0.6 is 15.9 Å². The predicted octanol–water partition coefficient (Wildman–Crippen LogP) is 2.82. The van der Waals surface area contributed by atoms with Gasteiger partial charge in [-0.05, 0) is 23.6 Å². The van der Waals surface area contributed by atoms with Crippen molar-refractivity contribution < 1.29 is 14.7 Å². The average molecular weight is 302 g/mol. The van der Waals surface area contributed by atoms with Crippen LogP contribution < -0.4 is 5.48 Å². The van der Waals surface area contributed by atoms with Gasteiger partial charge in [0.05, 0.1) is 12.2 Å². The second kappa shape index (κ2) is 6.74. The van der Waals surface area contributed by atoms with Crippen molar-refractivity contribution in [1.82, 2.24) is 5.48 Å². The minimum atomic E-state index is -0.929. The van der Waals surface area contributed by atoms with Gasteiger partial charge >= 0.3 is 5.97 Å². The Morgan fingerprint density at radius 2 is 2.24 bits per heavy atom. The summed E-state index contributed by atoms with van der Waals surface area (Å²) in [5.41, 5.74) is 4.07. The van der Waals surface area contributed by atoms with Gasteiger partial charge in [0.15, 0.2) is 0 Å². The summed E-state index contributed by atoms with van der Waals surface area (Å²) in [6, 6.07) is 4.92. The Morgan fingerprint density at radius 1 is 1.53 bits per heavy atom. The minimum Gasteiger partial charge on any atom is -0.478 e. The number of hydroxylamine groups is 1. The van der Waals surface area contributed by atoms with Crippen LogP contribution in [0.5, 0.6) is 0 Å². The van der Waals surface area contributed by atoms with Crippen LogP contribution in [0.4, 0.5) is 0 Å². The standard InChI is InChI=1S/C12H16BrNO3/c1-8(2)7-17-14-6-10-4-3-9(12(15)16)5-11(10)13/h3-5,8,14H,6-7H2,1-2H3,(H,15,16). The largest absolute Gasteiger partial charge is 0.478 e. The van der Waals surface area contributed by atoms with Gasteiger partial charge in [0, 0.05) is 11.0 Å². The minimum absolute atomic E-state index is 0.267. The molecule has 4 nitrogen and oxygen atoms in total. The van der Waals surface area contributed by atoms with E-state index in [1.165, 1.54) is 0 Å². The van der Waals surface area contributed by atoms with E-state index in [1.54, 1.807) is 18.2 Å². The Morgan fingerprint density at radius 3 is 2.76 bits per heavy atom. The quantitative estimate of drug-likeness (QED) is 0.626. The van der Waals surface area contributed by atoms with Gasteiger partial charge in [0.2, 0.25) is 0 Å². The van der Waals surface area contributed by atoms with Gasteiger partial charge in [-0.1, -0.05) is 35.8 Å². The number of aromatic carboxylic acids is 1. The summed E-state index contributed by atoms with van der Waals surface area (Å²) < 4.78 is 0.762. The van der Waals surface area contributed by atoms with Gasteiger partial charge < -0.3 is 9.94 Å². The molecule has 0 heterocycles. The maximum absolute atomic E-state index is 10.7. The molecule has 0 bridgehead atoms. The van der Waals surface area contributed by atoms with Gasteiger partial charge in [-0.3, -0.25) is 0 Å². The normalized spacial score (nSPS) is 10.8. The van der Waals surface area contributed by atoms with Gasteiger partial charge in [0.25, 0.3) is 0 Å². The number of hydrogen-bond acceptors (Lipinski definition) is 3. The molecule has 0 aliphatic heterocycles. The highest BCUT2D eigenvalue weighted by Gasteiger charge is 2.06. The number of carboxylic acid groups (broad SMARTS) is 1. The monoisotopic (exact) mass is 301 g/mol. The molecule has 1 aromatic rings. The molecule has 0 aromatic heterocycles. The molecule has 0 fully saturated rings. The molecule has 0 radical (unpaired) electrons. The summed E-state index contributed by atoms with van der Waals surface area (Å²) in [4.78, 5) is 16.0. The molecule has 2 N–H and O–H groups in total. The maximum Gasteiger partial charge on any atom is 0.335 e. The van der Waals surface area contributed by atoms with E-state index in [4.69, 9.17) is 9.94 Å². The van der Waals surface area contributed by atoms with E-state index in [2.05, 4.69) is 35.3 Å². The molecule has 1 rings (SSSR count). The van der Waals surface area contributed by atoms with Crippen molar-refractivity contribution in [3.05, 3.63) is 33.8 Å². The first-order valence-electron chi connectivity index (χ1n) is 5.37. The molecular formula is C12H16BrNO3. The third-order valence-corrected chi connectivity index (χ3v) is 2.82.